The first kappa shape index (κ1) is 25.5. The lowest BCUT2D eigenvalue weighted by Crippen LogP contribution is -2.39. The SMILES string of the molecule is CCOC(=O)C1=C(C)N=c2s/c(=C\c3c(OC)ccc4ccccc34)c(=O)n2[C@H]1c1ccc(OCC)cc1. The van der Waals surface area contributed by atoms with Gasteiger partial charge in [-0.15, -0.1) is 0 Å². The summed E-state index contributed by atoms with van der Waals surface area (Å²) in [6, 6.07) is 18.6. The second-order valence-electron chi connectivity index (χ2n) is 8.71. The summed E-state index contributed by atoms with van der Waals surface area (Å²) in [5.74, 6) is 0.892. The van der Waals surface area contributed by atoms with Gasteiger partial charge in [0.2, 0.25) is 0 Å². The third kappa shape index (κ3) is 4.52. The first-order valence-corrected chi connectivity index (χ1v) is 13.3. The van der Waals surface area contributed by atoms with Crippen LogP contribution in [0.1, 0.15) is 37.9 Å². The maximum atomic E-state index is 14.0. The van der Waals surface area contributed by atoms with E-state index < -0.39 is 12.0 Å². The molecule has 0 saturated heterocycles. The van der Waals surface area contributed by atoms with Gasteiger partial charge in [-0.2, -0.15) is 0 Å². The second-order valence-corrected chi connectivity index (χ2v) is 9.72. The summed E-state index contributed by atoms with van der Waals surface area (Å²) < 4.78 is 18.7. The Labute approximate surface area is 223 Å². The normalized spacial score (nSPS) is 15.3. The minimum atomic E-state index is -0.683. The van der Waals surface area contributed by atoms with E-state index in [4.69, 9.17) is 14.2 Å². The molecule has 0 aliphatic carbocycles. The number of carbonyl (C=O) groups excluding carboxylic acids is 1. The van der Waals surface area contributed by atoms with E-state index in [0.717, 1.165) is 21.9 Å². The largest absolute Gasteiger partial charge is 0.496 e. The van der Waals surface area contributed by atoms with Crippen LogP contribution in [0.2, 0.25) is 0 Å². The van der Waals surface area contributed by atoms with Gasteiger partial charge in [0.1, 0.15) is 11.5 Å². The molecule has 0 spiro atoms. The van der Waals surface area contributed by atoms with E-state index in [1.165, 1.54) is 11.3 Å². The summed E-state index contributed by atoms with van der Waals surface area (Å²) in [7, 11) is 1.62. The molecule has 1 atom stereocenters. The summed E-state index contributed by atoms with van der Waals surface area (Å²) in [6.45, 7) is 6.21. The molecule has 8 heteroatoms. The molecule has 0 unspecified atom stereocenters. The second kappa shape index (κ2) is 10.7. The van der Waals surface area contributed by atoms with Crippen LogP contribution in [0.5, 0.6) is 11.5 Å². The van der Waals surface area contributed by atoms with Crippen molar-refractivity contribution in [2.45, 2.75) is 26.8 Å². The Morgan fingerprint density at radius 2 is 1.82 bits per heavy atom. The van der Waals surface area contributed by atoms with Crippen LogP contribution in [0.4, 0.5) is 0 Å². The maximum absolute atomic E-state index is 14.0. The van der Waals surface area contributed by atoms with Crippen molar-refractivity contribution in [3.63, 3.8) is 0 Å². The molecule has 0 radical (unpaired) electrons. The number of fused-ring (bicyclic) bond motifs is 2. The molecular weight excluding hydrogens is 500 g/mol. The number of thiazole rings is 1. The Morgan fingerprint density at radius 3 is 2.53 bits per heavy atom. The van der Waals surface area contributed by atoms with Gasteiger partial charge in [0.25, 0.3) is 5.56 Å². The lowest BCUT2D eigenvalue weighted by Gasteiger charge is -2.24. The summed E-state index contributed by atoms with van der Waals surface area (Å²) in [5, 5.41) is 2.02. The molecule has 1 aliphatic heterocycles. The summed E-state index contributed by atoms with van der Waals surface area (Å²) >= 11 is 1.29. The van der Waals surface area contributed by atoms with Crippen molar-refractivity contribution in [2.75, 3.05) is 20.3 Å². The van der Waals surface area contributed by atoms with Crippen LogP contribution in [0.3, 0.4) is 0 Å². The molecule has 4 aromatic rings. The average molecular weight is 529 g/mol. The highest BCUT2D eigenvalue weighted by molar-refractivity contribution is 7.07. The number of allylic oxidation sites excluding steroid dienone is 1. The van der Waals surface area contributed by atoms with Crippen LogP contribution in [-0.4, -0.2) is 30.9 Å². The van der Waals surface area contributed by atoms with Gasteiger partial charge in [0.05, 0.1) is 42.2 Å². The molecule has 38 heavy (non-hydrogen) atoms. The lowest BCUT2D eigenvalue weighted by molar-refractivity contribution is -0.139. The highest BCUT2D eigenvalue weighted by Gasteiger charge is 2.33. The fraction of sp³-hybridized carbons (Fsp3) is 0.233. The molecule has 1 aromatic heterocycles. The standard InChI is InChI=1S/C30H28N2O5S/c1-5-36-21-14-11-20(12-15-21)27-26(29(34)37-6-2)18(3)31-30-32(27)28(33)25(38-30)17-23-22-10-8-7-9-19(22)13-16-24(23)35-4/h7-17,27H,5-6H2,1-4H3/b25-17-/t27-/m0/s1. The third-order valence-corrected chi connectivity index (χ3v) is 7.43. The van der Waals surface area contributed by atoms with Crippen molar-refractivity contribution < 1.29 is 19.0 Å². The fourth-order valence-electron chi connectivity index (χ4n) is 4.75. The van der Waals surface area contributed by atoms with Gasteiger partial charge in [-0.25, -0.2) is 9.79 Å². The first-order valence-electron chi connectivity index (χ1n) is 12.4. The highest BCUT2D eigenvalue weighted by atomic mass is 32.1. The van der Waals surface area contributed by atoms with E-state index in [2.05, 4.69) is 4.99 Å². The Balaban J connectivity index is 1.75. The maximum Gasteiger partial charge on any atom is 0.338 e. The Bertz CT molecular complexity index is 1730. The predicted octanol–water partition coefficient (Wildman–Crippen LogP) is 4.36. The van der Waals surface area contributed by atoms with Crippen molar-refractivity contribution >= 4 is 34.2 Å². The van der Waals surface area contributed by atoms with Gasteiger partial charge in [-0.05, 0) is 61.4 Å². The number of nitrogens with zero attached hydrogens (tertiary/aromatic N) is 2. The van der Waals surface area contributed by atoms with Crippen LogP contribution in [0.25, 0.3) is 16.8 Å². The van der Waals surface area contributed by atoms with Crippen LogP contribution >= 0.6 is 11.3 Å². The molecule has 3 aromatic carbocycles. The van der Waals surface area contributed by atoms with Gasteiger partial charge in [-0.1, -0.05) is 53.8 Å². The van der Waals surface area contributed by atoms with Gasteiger partial charge < -0.3 is 14.2 Å². The van der Waals surface area contributed by atoms with E-state index in [1.54, 1.807) is 25.5 Å². The van der Waals surface area contributed by atoms with E-state index in [1.807, 2.05) is 73.7 Å². The quantitative estimate of drug-likeness (QED) is 0.333. The van der Waals surface area contributed by atoms with E-state index in [0.29, 0.717) is 38.7 Å². The number of ether oxygens (including phenoxy) is 3. The molecule has 2 heterocycles. The smallest absolute Gasteiger partial charge is 0.338 e. The molecule has 7 nitrogen and oxygen atoms in total. The van der Waals surface area contributed by atoms with Crippen molar-refractivity contribution in [1.82, 2.24) is 4.57 Å². The molecule has 0 bridgehead atoms. The lowest BCUT2D eigenvalue weighted by atomic mass is 9.96. The summed E-state index contributed by atoms with van der Waals surface area (Å²) in [6.07, 6.45) is 1.85. The van der Waals surface area contributed by atoms with Crippen molar-refractivity contribution in [1.29, 1.82) is 0 Å². The number of rotatable bonds is 7. The van der Waals surface area contributed by atoms with Crippen molar-refractivity contribution in [3.8, 4) is 11.5 Å². The molecular formula is C30H28N2O5S. The number of aromatic nitrogens is 1. The van der Waals surface area contributed by atoms with Gasteiger partial charge >= 0.3 is 5.97 Å². The fourth-order valence-corrected chi connectivity index (χ4v) is 5.78. The van der Waals surface area contributed by atoms with Crippen LogP contribution in [-0.2, 0) is 9.53 Å². The molecule has 5 rings (SSSR count). The zero-order valence-corrected chi connectivity index (χ0v) is 22.5. The van der Waals surface area contributed by atoms with E-state index in [9.17, 15) is 9.59 Å². The minimum absolute atomic E-state index is 0.219. The molecule has 1 aliphatic rings. The number of carbonyl (C=O) groups is 1. The topological polar surface area (TPSA) is 79.1 Å². The zero-order valence-electron chi connectivity index (χ0n) is 21.7. The number of hydrogen-bond acceptors (Lipinski definition) is 7. The zero-order chi connectivity index (χ0) is 26.8. The molecule has 0 fully saturated rings. The number of benzene rings is 3. The van der Waals surface area contributed by atoms with E-state index >= 15 is 0 Å². The number of esters is 1. The average Bonchev–Trinajstić information content (AvgIpc) is 3.23. The van der Waals surface area contributed by atoms with E-state index in [-0.39, 0.29) is 12.2 Å². The molecule has 0 saturated carbocycles. The molecule has 0 N–H and O–H groups in total. The minimum Gasteiger partial charge on any atom is -0.496 e. The third-order valence-electron chi connectivity index (χ3n) is 6.45. The Kier molecular flexibility index (Phi) is 7.15. The van der Waals surface area contributed by atoms with Gasteiger partial charge in [0, 0.05) is 5.56 Å². The number of hydrogen-bond donors (Lipinski definition) is 0. The number of methoxy groups -OCH3 is 1. The van der Waals surface area contributed by atoms with Crippen LogP contribution in [0, 0.1) is 0 Å². The van der Waals surface area contributed by atoms with Crippen molar-refractivity contribution in [3.05, 3.63) is 103 Å². The Hall–Kier alpha value is -4.17. The summed E-state index contributed by atoms with van der Waals surface area (Å²) in [5.41, 5.74) is 2.21. The summed E-state index contributed by atoms with van der Waals surface area (Å²) in [4.78, 5) is 32.3. The highest BCUT2D eigenvalue weighted by Crippen LogP contribution is 2.32. The molecule has 0 amide bonds. The van der Waals surface area contributed by atoms with Gasteiger partial charge in [0.15, 0.2) is 4.80 Å². The van der Waals surface area contributed by atoms with Gasteiger partial charge in [-0.3, -0.25) is 9.36 Å². The van der Waals surface area contributed by atoms with Crippen LogP contribution in [0.15, 0.2) is 81.7 Å². The monoisotopic (exact) mass is 528 g/mol. The first-order chi connectivity index (χ1) is 18.5. The van der Waals surface area contributed by atoms with Crippen LogP contribution < -0.4 is 24.4 Å². The van der Waals surface area contributed by atoms with Crippen molar-refractivity contribution in [2.24, 2.45) is 4.99 Å². The molecule has 194 valence electrons. The predicted molar refractivity (Wildman–Crippen MR) is 149 cm³/mol. The Morgan fingerprint density at radius 1 is 1.05 bits per heavy atom.